The van der Waals surface area contributed by atoms with Crippen molar-refractivity contribution in [1.82, 2.24) is 14.6 Å². The molecule has 1 aromatic carbocycles. The highest BCUT2D eigenvalue weighted by atomic mass is 19.3. The molecule has 1 fully saturated rings. The van der Waals surface area contributed by atoms with Crippen LogP contribution in [0.2, 0.25) is 0 Å². The van der Waals surface area contributed by atoms with E-state index in [4.69, 9.17) is 0 Å². The minimum absolute atomic E-state index is 0.0394. The van der Waals surface area contributed by atoms with Gasteiger partial charge in [0.1, 0.15) is 5.82 Å². The maximum atomic E-state index is 13.1. The van der Waals surface area contributed by atoms with Gasteiger partial charge in [-0.3, -0.25) is 4.40 Å². The van der Waals surface area contributed by atoms with Crippen molar-refractivity contribution in [3.05, 3.63) is 53.5 Å². The van der Waals surface area contributed by atoms with E-state index in [-0.39, 0.29) is 12.8 Å². The molecule has 4 rings (SSSR count). The summed E-state index contributed by atoms with van der Waals surface area (Å²) in [4.78, 5) is 0. The monoisotopic (exact) mass is 313 g/mol. The van der Waals surface area contributed by atoms with Crippen LogP contribution in [-0.4, -0.2) is 20.5 Å². The summed E-state index contributed by atoms with van der Waals surface area (Å²) in [6.45, 7) is 4.06. The lowest BCUT2D eigenvalue weighted by atomic mass is 10.0. The molecule has 0 bridgehead atoms. The van der Waals surface area contributed by atoms with Crippen molar-refractivity contribution >= 4 is 5.65 Å². The van der Waals surface area contributed by atoms with E-state index in [0.29, 0.717) is 5.82 Å². The molecule has 5 heteroatoms. The molecule has 0 amide bonds. The van der Waals surface area contributed by atoms with Crippen LogP contribution in [0.3, 0.4) is 0 Å². The third-order valence-electron chi connectivity index (χ3n) is 4.61. The number of aryl methyl sites for hydroxylation is 2. The zero-order valence-corrected chi connectivity index (χ0v) is 13.1. The molecule has 1 aliphatic rings. The number of hydrogen-bond acceptors (Lipinski definition) is 2. The first-order valence-corrected chi connectivity index (χ1v) is 7.74. The fraction of sp³-hybridized carbons (Fsp3) is 0.333. The van der Waals surface area contributed by atoms with E-state index in [9.17, 15) is 8.78 Å². The summed E-state index contributed by atoms with van der Waals surface area (Å²) >= 11 is 0. The Labute approximate surface area is 133 Å². The zero-order chi connectivity index (χ0) is 16.2. The summed E-state index contributed by atoms with van der Waals surface area (Å²) in [7, 11) is 0. The van der Waals surface area contributed by atoms with E-state index >= 15 is 0 Å². The number of nitrogens with zero attached hydrogens (tertiary/aromatic N) is 3. The number of aromatic nitrogens is 3. The highest BCUT2D eigenvalue weighted by molar-refractivity contribution is 5.73. The third-order valence-corrected chi connectivity index (χ3v) is 4.61. The Morgan fingerprint density at radius 3 is 2.70 bits per heavy atom. The van der Waals surface area contributed by atoms with Gasteiger partial charge in [0.15, 0.2) is 5.65 Å². The van der Waals surface area contributed by atoms with E-state index in [1.165, 1.54) is 5.56 Å². The van der Waals surface area contributed by atoms with Gasteiger partial charge in [0.05, 0.1) is 0 Å². The van der Waals surface area contributed by atoms with Gasteiger partial charge in [0, 0.05) is 30.5 Å². The molecule has 3 aromatic rings. The normalized spacial score (nSPS) is 19.2. The summed E-state index contributed by atoms with van der Waals surface area (Å²) in [5, 5.41) is 8.36. The van der Waals surface area contributed by atoms with Crippen LogP contribution >= 0.6 is 0 Å². The van der Waals surface area contributed by atoms with Gasteiger partial charge in [-0.05, 0) is 31.0 Å². The standard InChI is InChI=1S/C18H17F2N3/c1-11-4-3-5-13(8-11)15-6-7-23-16(9-14-10-18(14,19)20)21-22-17(23)12(15)2/h3-8,14H,9-10H2,1-2H3. The van der Waals surface area contributed by atoms with Crippen LogP contribution in [0.4, 0.5) is 8.78 Å². The molecule has 118 valence electrons. The van der Waals surface area contributed by atoms with E-state index in [1.54, 1.807) is 0 Å². The van der Waals surface area contributed by atoms with Crippen LogP contribution in [0.1, 0.15) is 23.4 Å². The SMILES string of the molecule is Cc1cccc(-c2ccn3c(CC4CC4(F)F)nnc3c2C)c1. The van der Waals surface area contributed by atoms with Crippen LogP contribution in [0.25, 0.3) is 16.8 Å². The highest BCUT2D eigenvalue weighted by Crippen LogP contribution is 2.50. The predicted octanol–water partition coefficient (Wildman–Crippen LogP) is 4.21. The third kappa shape index (κ3) is 2.40. The summed E-state index contributed by atoms with van der Waals surface area (Å²) in [5.41, 5.74) is 5.17. The molecule has 23 heavy (non-hydrogen) atoms. The van der Waals surface area contributed by atoms with Gasteiger partial charge >= 0.3 is 0 Å². The fourth-order valence-electron chi connectivity index (χ4n) is 3.11. The second-order valence-electron chi connectivity index (χ2n) is 6.40. The summed E-state index contributed by atoms with van der Waals surface area (Å²) in [6.07, 6.45) is 2.12. The molecule has 1 aliphatic carbocycles. The lowest BCUT2D eigenvalue weighted by Gasteiger charge is -2.09. The molecular weight excluding hydrogens is 296 g/mol. The van der Waals surface area contributed by atoms with Gasteiger partial charge in [0.2, 0.25) is 0 Å². The topological polar surface area (TPSA) is 30.2 Å². The average Bonchev–Trinajstić information content (AvgIpc) is 2.92. The number of rotatable bonds is 3. The molecule has 0 aliphatic heterocycles. The quantitative estimate of drug-likeness (QED) is 0.725. The summed E-state index contributed by atoms with van der Waals surface area (Å²) in [5.74, 6) is -2.50. The zero-order valence-electron chi connectivity index (χ0n) is 13.1. The second-order valence-corrected chi connectivity index (χ2v) is 6.40. The van der Waals surface area contributed by atoms with Crippen molar-refractivity contribution in [2.75, 3.05) is 0 Å². The smallest absolute Gasteiger partial charge is 0.252 e. The van der Waals surface area contributed by atoms with Crippen LogP contribution in [0.15, 0.2) is 36.5 Å². The lowest BCUT2D eigenvalue weighted by molar-refractivity contribution is 0.0984. The van der Waals surface area contributed by atoms with Crippen molar-refractivity contribution in [2.24, 2.45) is 5.92 Å². The number of fused-ring (bicyclic) bond motifs is 1. The van der Waals surface area contributed by atoms with Crippen molar-refractivity contribution in [1.29, 1.82) is 0 Å². The second kappa shape index (κ2) is 4.85. The number of hydrogen-bond donors (Lipinski definition) is 0. The van der Waals surface area contributed by atoms with E-state index in [2.05, 4.69) is 35.3 Å². The molecule has 1 saturated carbocycles. The van der Waals surface area contributed by atoms with Crippen LogP contribution in [0.5, 0.6) is 0 Å². The Balaban J connectivity index is 1.75. The maximum Gasteiger partial charge on any atom is 0.252 e. The van der Waals surface area contributed by atoms with Gasteiger partial charge in [-0.25, -0.2) is 8.78 Å². The average molecular weight is 313 g/mol. The Hall–Kier alpha value is -2.30. The Morgan fingerprint density at radius 2 is 2.00 bits per heavy atom. The first-order chi connectivity index (χ1) is 11.0. The van der Waals surface area contributed by atoms with E-state index in [1.807, 2.05) is 29.7 Å². The molecule has 0 saturated heterocycles. The molecule has 0 N–H and O–H groups in total. The van der Waals surface area contributed by atoms with Gasteiger partial charge in [-0.2, -0.15) is 0 Å². The highest BCUT2D eigenvalue weighted by Gasteiger charge is 2.56. The predicted molar refractivity (Wildman–Crippen MR) is 84.7 cm³/mol. The van der Waals surface area contributed by atoms with Crippen molar-refractivity contribution in [2.45, 2.75) is 32.6 Å². The molecule has 3 nitrogen and oxygen atoms in total. The van der Waals surface area contributed by atoms with Crippen molar-refractivity contribution in [3.63, 3.8) is 0 Å². The molecule has 1 unspecified atom stereocenters. The van der Waals surface area contributed by atoms with Crippen LogP contribution in [0, 0.1) is 19.8 Å². The van der Waals surface area contributed by atoms with E-state index in [0.717, 1.165) is 22.3 Å². The van der Waals surface area contributed by atoms with Gasteiger partial charge in [-0.1, -0.05) is 29.8 Å². The molecule has 2 heterocycles. The number of pyridine rings is 1. The number of halogens is 2. The summed E-state index contributed by atoms with van der Waals surface area (Å²) in [6, 6.07) is 10.3. The number of benzene rings is 1. The minimum atomic E-state index is -2.53. The maximum absolute atomic E-state index is 13.1. The van der Waals surface area contributed by atoms with Gasteiger partial charge in [-0.15, -0.1) is 10.2 Å². The molecular formula is C18H17F2N3. The lowest BCUT2D eigenvalue weighted by Crippen LogP contribution is -2.02. The van der Waals surface area contributed by atoms with Gasteiger partial charge in [0.25, 0.3) is 5.92 Å². The fourth-order valence-corrected chi connectivity index (χ4v) is 3.11. The first kappa shape index (κ1) is 14.3. The largest absolute Gasteiger partial charge is 0.286 e. The molecule has 2 aromatic heterocycles. The molecule has 0 spiro atoms. The van der Waals surface area contributed by atoms with Gasteiger partial charge < -0.3 is 0 Å². The van der Waals surface area contributed by atoms with Crippen molar-refractivity contribution < 1.29 is 8.78 Å². The Morgan fingerprint density at radius 1 is 1.22 bits per heavy atom. The Bertz CT molecular complexity index is 898. The van der Waals surface area contributed by atoms with Crippen LogP contribution in [-0.2, 0) is 6.42 Å². The summed E-state index contributed by atoms with van der Waals surface area (Å²) < 4.78 is 28.1. The molecule has 1 atom stereocenters. The first-order valence-electron chi connectivity index (χ1n) is 7.74. The molecule has 0 radical (unpaired) electrons. The minimum Gasteiger partial charge on any atom is -0.286 e. The Kier molecular flexibility index (Phi) is 3.01. The van der Waals surface area contributed by atoms with Crippen molar-refractivity contribution in [3.8, 4) is 11.1 Å². The van der Waals surface area contributed by atoms with Crippen LogP contribution < -0.4 is 0 Å². The number of alkyl halides is 2. The van der Waals surface area contributed by atoms with E-state index < -0.39 is 11.8 Å².